The third kappa shape index (κ3) is 2.34. The summed E-state index contributed by atoms with van der Waals surface area (Å²) in [5.74, 6) is -0.00430. The van der Waals surface area contributed by atoms with E-state index < -0.39 is 5.91 Å². The van der Waals surface area contributed by atoms with Gasteiger partial charge in [-0.25, -0.2) is 0 Å². The van der Waals surface area contributed by atoms with Gasteiger partial charge in [0.25, 0.3) is 11.8 Å². The molecule has 0 saturated heterocycles. The van der Waals surface area contributed by atoms with Gasteiger partial charge in [0.2, 0.25) is 0 Å². The average Bonchev–Trinajstić information content (AvgIpc) is 3.11. The van der Waals surface area contributed by atoms with Crippen LogP contribution in [0.15, 0.2) is 51.8 Å². The predicted molar refractivity (Wildman–Crippen MR) is 64.2 cm³/mol. The molecule has 7 nitrogen and oxygen atoms in total. The lowest BCUT2D eigenvalue weighted by molar-refractivity contribution is 0.0994. The van der Waals surface area contributed by atoms with Gasteiger partial charge in [0.05, 0.1) is 11.8 Å². The predicted octanol–water partition coefficient (Wildman–Crippen LogP) is 1.98. The molecule has 0 fully saturated rings. The second-order valence-electron chi connectivity index (χ2n) is 3.59. The number of carbonyl (C=O) groups is 1. The number of carbonyl (C=O) groups excluding carboxylic acids is 1. The van der Waals surface area contributed by atoms with Crippen molar-refractivity contribution in [1.82, 2.24) is 15.2 Å². The van der Waals surface area contributed by atoms with Crippen molar-refractivity contribution >= 4 is 11.9 Å². The van der Waals surface area contributed by atoms with E-state index in [0.717, 1.165) is 0 Å². The molecule has 1 N–H and O–H groups in total. The topological polar surface area (TPSA) is 94.1 Å². The quantitative estimate of drug-likeness (QED) is 0.769. The molecule has 3 aromatic rings. The molecule has 0 aliphatic heterocycles. The van der Waals surface area contributed by atoms with Crippen LogP contribution in [-0.2, 0) is 0 Å². The monoisotopic (exact) mass is 256 g/mol. The van der Waals surface area contributed by atoms with E-state index in [-0.39, 0.29) is 17.7 Å². The van der Waals surface area contributed by atoms with Crippen molar-refractivity contribution in [1.29, 1.82) is 0 Å². The number of furan rings is 1. The van der Waals surface area contributed by atoms with Gasteiger partial charge in [-0.1, -0.05) is 5.10 Å². The summed E-state index contributed by atoms with van der Waals surface area (Å²) < 4.78 is 10.2. The Morgan fingerprint density at radius 1 is 1.21 bits per heavy atom. The fourth-order valence-electron chi connectivity index (χ4n) is 1.45. The lowest BCUT2D eigenvalue weighted by Gasteiger charge is -1.95. The van der Waals surface area contributed by atoms with Crippen molar-refractivity contribution in [3.63, 3.8) is 0 Å². The molecule has 1 amide bonds. The van der Waals surface area contributed by atoms with Crippen LogP contribution in [0.2, 0.25) is 0 Å². The number of nitrogens with zero attached hydrogens (tertiary/aromatic N) is 3. The van der Waals surface area contributed by atoms with Gasteiger partial charge < -0.3 is 8.83 Å². The Morgan fingerprint density at radius 3 is 2.89 bits per heavy atom. The molecule has 0 spiro atoms. The largest absolute Gasteiger partial charge is 0.459 e. The molecule has 3 rings (SSSR count). The molecule has 0 aliphatic carbocycles. The van der Waals surface area contributed by atoms with E-state index in [1.165, 1.54) is 12.3 Å². The number of nitrogens with one attached hydrogen (secondary N) is 1. The smallest absolute Gasteiger partial charge is 0.322 e. The van der Waals surface area contributed by atoms with Crippen LogP contribution in [0.5, 0.6) is 0 Å². The summed E-state index contributed by atoms with van der Waals surface area (Å²) in [5.41, 5.74) is 0.675. The van der Waals surface area contributed by atoms with Gasteiger partial charge in [-0.2, -0.15) is 0 Å². The summed E-state index contributed by atoms with van der Waals surface area (Å²) >= 11 is 0. The number of hydrogen-bond acceptors (Lipinski definition) is 6. The molecule has 0 aliphatic rings. The first-order chi connectivity index (χ1) is 9.33. The molecule has 0 saturated carbocycles. The molecule has 94 valence electrons. The van der Waals surface area contributed by atoms with E-state index in [9.17, 15) is 4.79 Å². The van der Waals surface area contributed by atoms with Gasteiger partial charge in [-0.3, -0.25) is 15.1 Å². The van der Waals surface area contributed by atoms with Crippen LogP contribution in [0.1, 0.15) is 10.6 Å². The fourth-order valence-corrected chi connectivity index (χ4v) is 1.45. The van der Waals surface area contributed by atoms with Crippen LogP contribution >= 0.6 is 0 Å². The van der Waals surface area contributed by atoms with Crippen molar-refractivity contribution in [2.75, 3.05) is 5.32 Å². The maximum absolute atomic E-state index is 11.7. The van der Waals surface area contributed by atoms with Gasteiger partial charge >= 0.3 is 6.01 Å². The Labute approximate surface area is 107 Å². The van der Waals surface area contributed by atoms with Crippen LogP contribution in [0.3, 0.4) is 0 Å². The Morgan fingerprint density at radius 2 is 2.16 bits per heavy atom. The van der Waals surface area contributed by atoms with Crippen LogP contribution in [0.4, 0.5) is 6.01 Å². The molecule has 3 heterocycles. The SMILES string of the molecule is O=C(Nc1nnc(-c2cccnc2)o1)c1ccco1. The van der Waals surface area contributed by atoms with E-state index in [0.29, 0.717) is 5.56 Å². The summed E-state index contributed by atoms with van der Waals surface area (Å²) in [6, 6.07) is 6.68. The van der Waals surface area contributed by atoms with Crippen molar-refractivity contribution in [2.24, 2.45) is 0 Å². The summed E-state index contributed by atoms with van der Waals surface area (Å²) in [5, 5.41) is 9.98. The molecule has 0 bridgehead atoms. The standard InChI is InChI=1S/C12H8N4O3/c17-10(9-4-2-6-18-9)14-12-16-15-11(19-12)8-3-1-5-13-7-8/h1-7H,(H,14,16,17). The minimum absolute atomic E-state index is 0.000234. The highest BCUT2D eigenvalue weighted by Gasteiger charge is 2.14. The second kappa shape index (κ2) is 4.73. The lowest BCUT2D eigenvalue weighted by Crippen LogP contribution is -2.10. The van der Waals surface area contributed by atoms with Crippen molar-refractivity contribution < 1.29 is 13.6 Å². The maximum atomic E-state index is 11.7. The van der Waals surface area contributed by atoms with Gasteiger partial charge in [0.15, 0.2) is 5.76 Å². The highest BCUT2D eigenvalue weighted by Crippen LogP contribution is 2.18. The average molecular weight is 256 g/mol. The van der Waals surface area contributed by atoms with E-state index in [4.69, 9.17) is 8.83 Å². The molecule has 0 aromatic carbocycles. The Bertz CT molecular complexity index is 676. The van der Waals surface area contributed by atoms with Gasteiger partial charge in [0.1, 0.15) is 0 Å². The summed E-state index contributed by atoms with van der Waals surface area (Å²) in [7, 11) is 0. The number of aromatic nitrogens is 3. The first-order valence-corrected chi connectivity index (χ1v) is 5.42. The number of rotatable bonds is 3. The molecule has 19 heavy (non-hydrogen) atoms. The minimum atomic E-state index is -0.452. The highest BCUT2D eigenvalue weighted by atomic mass is 16.4. The molecular weight excluding hydrogens is 248 g/mol. The Hall–Kier alpha value is -2.96. The highest BCUT2D eigenvalue weighted by molar-refractivity contribution is 6.00. The van der Waals surface area contributed by atoms with Crippen molar-refractivity contribution in [2.45, 2.75) is 0 Å². The first kappa shape index (κ1) is 11.1. The van der Waals surface area contributed by atoms with E-state index in [1.54, 1.807) is 30.6 Å². The van der Waals surface area contributed by atoms with Crippen molar-refractivity contribution in [3.8, 4) is 11.5 Å². The van der Waals surface area contributed by atoms with Crippen LogP contribution in [-0.4, -0.2) is 21.1 Å². The Balaban J connectivity index is 1.77. The molecule has 0 unspecified atom stereocenters. The van der Waals surface area contributed by atoms with Gasteiger partial charge in [-0.15, -0.1) is 5.10 Å². The molecule has 0 radical (unpaired) electrons. The summed E-state index contributed by atoms with van der Waals surface area (Å²) in [6.07, 6.45) is 4.63. The zero-order valence-electron chi connectivity index (χ0n) is 9.61. The van der Waals surface area contributed by atoms with Crippen LogP contribution in [0.25, 0.3) is 11.5 Å². The molecular formula is C12H8N4O3. The summed E-state index contributed by atoms with van der Waals surface area (Å²) in [6.45, 7) is 0. The second-order valence-corrected chi connectivity index (χ2v) is 3.59. The third-order valence-electron chi connectivity index (χ3n) is 2.30. The number of hydrogen-bond donors (Lipinski definition) is 1. The fraction of sp³-hybridized carbons (Fsp3) is 0. The Kier molecular flexibility index (Phi) is 2.77. The number of amides is 1. The normalized spacial score (nSPS) is 10.3. The van der Waals surface area contributed by atoms with E-state index in [1.807, 2.05) is 0 Å². The number of pyridine rings is 1. The number of anilines is 1. The van der Waals surface area contributed by atoms with Crippen LogP contribution < -0.4 is 5.32 Å². The first-order valence-electron chi connectivity index (χ1n) is 5.42. The molecule has 0 atom stereocenters. The van der Waals surface area contributed by atoms with Gasteiger partial charge in [-0.05, 0) is 24.3 Å². The summed E-state index contributed by atoms with van der Waals surface area (Å²) in [4.78, 5) is 15.6. The molecule has 3 aromatic heterocycles. The van der Waals surface area contributed by atoms with Crippen LogP contribution in [0, 0.1) is 0 Å². The lowest BCUT2D eigenvalue weighted by atomic mass is 10.3. The van der Waals surface area contributed by atoms with Gasteiger partial charge in [0, 0.05) is 12.4 Å². The zero-order valence-corrected chi connectivity index (χ0v) is 9.61. The molecule has 7 heteroatoms. The van der Waals surface area contributed by atoms with Crippen molar-refractivity contribution in [3.05, 3.63) is 48.7 Å². The maximum Gasteiger partial charge on any atom is 0.322 e. The van der Waals surface area contributed by atoms with E-state index >= 15 is 0 Å². The van der Waals surface area contributed by atoms with E-state index in [2.05, 4.69) is 20.5 Å². The minimum Gasteiger partial charge on any atom is -0.459 e. The third-order valence-corrected chi connectivity index (χ3v) is 2.30. The zero-order chi connectivity index (χ0) is 13.1.